The molecule has 5 heteroatoms. The molecule has 0 aliphatic carbocycles. The van der Waals surface area contributed by atoms with Gasteiger partial charge in [0.25, 0.3) is 5.91 Å². The van der Waals surface area contributed by atoms with E-state index in [1.54, 1.807) is 32.3 Å². The molecule has 1 aromatic rings. The maximum Gasteiger partial charge on any atom is 0.253 e. The summed E-state index contributed by atoms with van der Waals surface area (Å²) in [6.07, 6.45) is -0.119. The van der Waals surface area contributed by atoms with Crippen molar-refractivity contribution in [3.63, 3.8) is 0 Å². The number of anilines is 1. The third kappa shape index (κ3) is 4.44. The summed E-state index contributed by atoms with van der Waals surface area (Å²) in [4.78, 5) is 13.4. The number of ether oxygens (including phenoxy) is 2. The zero-order valence-corrected chi connectivity index (χ0v) is 12.0. The van der Waals surface area contributed by atoms with Gasteiger partial charge in [0.1, 0.15) is 11.9 Å². The zero-order valence-electron chi connectivity index (χ0n) is 12.0. The van der Waals surface area contributed by atoms with Crippen LogP contribution in [-0.4, -0.2) is 44.2 Å². The Morgan fingerprint density at radius 1 is 1.42 bits per heavy atom. The van der Waals surface area contributed by atoms with E-state index in [2.05, 4.69) is 0 Å². The van der Waals surface area contributed by atoms with Crippen molar-refractivity contribution in [2.75, 3.05) is 33.0 Å². The van der Waals surface area contributed by atoms with Crippen LogP contribution in [0.3, 0.4) is 0 Å². The van der Waals surface area contributed by atoms with Gasteiger partial charge in [-0.15, -0.1) is 0 Å². The van der Waals surface area contributed by atoms with Crippen molar-refractivity contribution in [1.82, 2.24) is 4.90 Å². The van der Waals surface area contributed by atoms with E-state index in [-0.39, 0.29) is 12.0 Å². The van der Waals surface area contributed by atoms with Crippen LogP contribution in [0.1, 0.15) is 24.2 Å². The van der Waals surface area contributed by atoms with E-state index in [0.29, 0.717) is 30.2 Å². The van der Waals surface area contributed by atoms with Crippen LogP contribution in [0, 0.1) is 0 Å². The van der Waals surface area contributed by atoms with Crippen molar-refractivity contribution in [2.24, 2.45) is 0 Å². The van der Waals surface area contributed by atoms with Gasteiger partial charge >= 0.3 is 0 Å². The molecule has 0 fully saturated rings. The second-order valence-corrected chi connectivity index (χ2v) is 4.54. The molecule has 0 aliphatic rings. The van der Waals surface area contributed by atoms with Gasteiger partial charge in [0.2, 0.25) is 0 Å². The monoisotopic (exact) mass is 266 g/mol. The molecule has 1 rings (SSSR count). The first-order chi connectivity index (χ1) is 8.95. The Labute approximate surface area is 114 Å². The highest BCUT2D eigenvalue weighted by Gasteiger charge is 2.13. The van der Waals surface area contributed by atoms with Crippen LogP contribution in [0.25, 0.3) is 0 Å². The molecule has 2 N–H and O–H groups in total. The van der Waals surface area contributed by atoms with Crippen molar-refractivity contribution in [2.45, 2.75) is 20.0 Å². The number of rotatable bonds is 6. The molecule has 1 atom stereocenters. The molecule has 1 unspecified atom stereocenters. The molecule has 1 amide bonds. The minimum Gasteiger partial charge on any atom is -0.486 e. The molecule has 0 bridgehead atoms. The minimum absolute atomic E-state index is 0.0812. The fourth-order valence-corrected chi connectivity index (χ4v) is 1.56. The average molecular weight is 266 g/mol. The van der Waals surface area contributed by atoms with Gasteiger partial charge in [0, 0.05) is 26.3 Å². The number of amides is 1. The van der Waals surface area contributed by atoms with Crippen LogP contribution in [0.4, 0.5) is 5.69 Å². The van der Waals surface area contributed by atoms with Crippen LogP contribution in [0.5, 0.6) is 5.75 Å². The molecule has 0 aliphatic heterocycles. The second kappa shape index (κ2) is 6.99. The molecule has 106 valence electrons. The summed E-state index contributed by atoms with van der Waals surface area (Å²) in [7, 11) is 3.41. The summed E-state index contributed by atoms with van der Waals surface area (Å²) in [6.45, 7) is 4.96. The number of carbonyl (C=O) groups excluding carboxylic acids is 1. The zero-order chi connectivity index (χ0) is 14.4. The third-order valence-electron chi connectivity index (χ3n) is 2.55. The third-order valence-corrected chi connectivity index (χ3v) is 2.55. The van der Waals surface area contributed by atoms with Gasteiger partial charge in [-0.25, -0.2) is 0 Å². The Hall–Kier alpha value is -1.75. The smallest absolute Gasteiger partial charge is 0.253 e. The molecule has 0 spiro atoms. The van der Waals surface area contributed by atoms with E-state index in [1.165, 1.54) is 4.90 Å². The summed E-state index contributed by atoms with van der Waals surface area (Å²) >= 11 is 0. The lowest BCUT2D eigenvalue weighted by Crippen LogP contribution is -2.23. The number of hydrogen-bond donors (Lipinski definition) is 1. The number of hydrogen-bond acceptors (Lipinski definition) is 4. The number of nitrogens with zero attached hydrogens (tertiary/aromatic N) is 1. The number of nitrogens with two attached hydrogens (primary N) is 1. The summed E-state index contributed by atoms with van der Waals surface area (Å²) in [5.41, 5.74) is 6.92. The molecule has 0 saturated heterocycles. The van der Waals surface area contributed by atoms with Gasteiger partial charge in [-0.3, -0.25) is 4.79 Å². The quantitative estimate of drug-likeness (QED) is 0.797. The van der Waals surface area contributed by atoms with Crippen molar-refractivity contribution in [1.29, 1.82) is 0 Å². The van der Waals surface area contributed by atoms with Crippen LogP contribution in [-0.2, 0) is 4.74 Å². The largest absolute Gasteiger partial charge is 0.486 e. The van der Waals surface area contributed by atoms with Crippen LogP contribution in [0.2, 0.25) is 0 Å². The van der Waals surface area contributed by atoms with Crippen molar-refractivity contribution in [3.8, 4) is 5.75 Å². The molecule has 1 aromatic carbocycles. The van der Waals surface area contributed by atoms with E-state index >= 15 is 0 Å². The van der Waals surface area contributed by atoms with Gasteiger partial charge in [0.05, 0.1) is 12.3 Å². The Kier molecular flexibility index (Phi) is 5.63. The lowest BCUT2D eigenvalue weighted by molar-refractivity contribution is 0.0659. The Bertz CT molecular complexity index is 433. The first-order valence-corrected chi connectivity index (χ1v) is 6.31. The number of nitrogen functional groups attached to an aromatic ring is 1. The molecule has 0 saturated carbocycles. The Morgan fingerprint density at radius 2 is 2.11 bits per heavy atom. The lowest BCUT2D eigenvalue weighted by atomic mass is 10.1. The van der Waals surface area contributed by atoms with Gasteiger partial charge < -0.3 is 20.1 Å². The summed E-state index contributed by atoms with van der Waals surface area (Å²) in [5, 5.41) is 0. The highest BCUT2D eigenvalue weighted by molar-refractivity contribution is 5.94. The molecule has 0 aromatic heterocycles. The van der Waals surface area contributed by atoms with E-state index in [9.17, 15) is 4.79 Å². The standard InChI is InChI=1S/C14H22N2O3/c1-5-18-9-10(2)19-13-8-11(6-7-12(13)15)14(17)16(3)4/h6-8,10H,5,9,15H2,1-4H3. The predicted octanol–water partition coefficient (Wildman–Crippen LogP) is 1.77. The highest BCUT2D eigenvalue weighted by Crippen LogP contribution is 2.24. The predicted molar refractivity (Wildman–Crippen MR) is 75.5 cm³/mol. The molecule has 0 heterocycles. The van der Waals surface area contributed by atoms with E-state index in [1.807, 2.05) is 13.8 Å². The van der Waals surface area contributed by atoms with Gasteiger partial charge in [-0.05, 0) is 32.0 Å². The Morgan fingerprint density at radius 3 is 2.68 bits per heavy atom. The molecule has 19 heavy (non-hydrogen) atoms. The maximum absolute atomic E-state index is 11.9. The molecule has 0 radical (unpaired) electrons. The molecule has 5 nitrogen and oxygen atoms in total. The van der Waals surface area contributed by atoms with E-state index in [4.69, 9.17) is 15.2 Å². The Balaban J connectivity index is 2.82. The highest BCUT2D eigenvalue weighted by atomic mass is 16.5. The SMILES string of the molecule is CCOCC(C)Oc1cc(C(=O)N(C)C)ccc1N. The van der Waals surface area contributed by atoms with Gasteiger partial charge in [0.15, 0.2) is 0 Å². The molecular weight excluding hydrogens is 244 g/mol. The van der Waals surface area contributed by atoms with Crippen molar-refractivity contribution in [3.05, 3.63) is 23.8 Å². The van der Waals surface area contributed by atoms with Crippen LogP contribution >= 0.6 is 0 Å². The van der Waals surface area contributed by atoms with E-state index in [0.717, 1.165) is 0 Å². The summed E-state index contributed by atoms with van der Waals surface area (Å²) in [5.74, 6) is 0.433. The van der Waals surface area contributed by atoms with Crippen LogP contribution in [0.15, 0.2) is 18.2 Å². The van der Waals surface area contributed by atoms with Crippen molar-refractivity contribution >= 4 is 11.6 Å². The topological polar surface area (TPSA) is 64.8 Å². The fourth-order valence-electron chi connectivity index (χ4n) is 1.56. The maximum atomic E-state index is 11.9. The molecular formula is C14H22N2O3. The van der Waals surface area contributed by atoms with Crippen LogP contribution < -0.4 is 10.5 Å². The number of benzene rings is 1. The van der Waals surface area contributed by atoms with E-state index < -0.39 is 0 Å². The minimum atomic E-state index is -0.119. The summed E-state index contributed by atoms with van der Waals surface area (Å²) in [6, 6.07) is 5.04. The lowest BCUT2D eigenvalue weighted by Gasteiger charge is -2.17. The average Bonchev–Trinajstić information content (AvgIpc) is 2.38. The van der Waals surface area contributed by atoms with Gasteiger partial charge in [-0.1, -0.05) is 0 Å². The normalized spacial score (nSPS) is 12.0. The van der Waals surface area contributed by atoms with Gasteiger partial charge in [-0.2, -0.15) is 0 Å². The number of carbonyl (C=O) groups is 1. The fraction of sp³-hybridized carbons (Fsp3) is 0.500. The summed E-state index contributed by atoms with van der Waals surface area (Å²) < 4.78 is 11.0. The second-order valence-electron chi connectivity index (χ2n) is 4.54. The van der Waals surface area contributed by atoms with Crippen molar-refractivity contribution < 1.29 is 14.3 Å². The first kappa shape index (κ1) is 15.3. The first-order valence-electron chi connectivity index (χ1n) is 6.31.